The van der Waals surface area contributed by atoms with Crippen molar-refractivity contribution in [3.8, 4) is 11.5 Å². The Morgan fingerprint density at radius 3 is 2.50 bits per heavy atom. The number of hydrogen-bond donors (Lipinski definition) is 1. The smallest absolute Gasteiger partial charge is 0.255 e. The highest BCUT2D eigenvalue weighted by Crippen LogP contribution is 2.32. The Balaban J connectivity index is 1.64. The van der Waals surface area contributed by atoms with Gasteiger partial charge in [0.2, 0.25) is 5.89 Å². The van der Waals surface area contributed by atoms with Gasteiger partial charge in [-0.15, -0.1) is 0 Å². The minimum absolute atomic E-state index is 0.0160. The van der Waals surface area contributed by atoms with Gasteiger partial charge in [-0.25, -0.2) is 13.8 Å². The van der Waals surface area contributed by atoms with Crippen molar-refractivity contribution < 1.29 is 18.0 Å². The standard InChI is InChI=1S/C20H10ClF2IN2O2/c21-14-9-16(23)15(22)8-13(14)20-26-17-7-12(5-6-18(17)28-20)25-19(27)10-1-3-11(24)4-2-10/h1-9H,(H,25,27). The van der Waals surface area contributed by atoms with Crippen molar-refractivity contribution in [2.45, 2.75) is 0 Å². The molecule has 0 unspecified atom stereocenters. The van der Waals surface area contributed by atoms with E-state index in [0.717, 1.165) is 15.7 Å². The van der Waals surface area contributed by atoms with Gasteiger partial charge in [0.1, 0.15) is 5.52 Å². The van der Waals surface area contributed by atoms with Gasteiger partial charge in [0.25, 0.3) is 5.91 Å². The van der Waals surface area contributed by atoms with Crippen LogP contribution in [0.5, 0.6) is 0 Å². The second-order valence-electron chi connectivity index (χ2n) is 5.91. The number of rotatable bonds is 3. The second-order valence-corrected chi connectivity index (χ2v) is 7.56. The van der Waals surface area contributed by atoms with Crippen LogP contribution in [0.3, 0.4) is 0 Å². The summed E-state index contributed by atoms with van der Waals surface area (Å²) in [6.07, 6.45) is 0. The van der Waals surface area contributed by atoms with E-state index < -0.39 is 11.6 Å². The molecule has 1 N–H and O–H groups in total. The molecule has 4 aromatic rings. The number of aromatic nitrogens is 1. The van der Waals surface area contributed by atoms with E-state index in [1.54, 1.807) is 30.3 Å². The maximum atomic E-state index is 13.5. The summed E-state index contributed by atoms with van der Waals surface area (Å²) in [4.78, 5) is 16.6. The van der Waals surface area contributed by atoms with E-state index in [9.17, 15) is 13.6 Å². The minimum atomic E-state index is -1.05. The van der Waals surface area contributed by atoms with Crippen molar-refractivity contribution in [1.82, 2.24) is 4.98 Å². The zero-order valence-corrected chi connectivity index (χ0v) is 16.9. The predicted octanol–water partition coefficient (Wildman–Crippen LogP) is 6.28. The Hall–Kier alpha value is -2.52. The molecule has 1 aromatic heterocycles. The first-order valence-electron chi connectivity index (χ1n) is 8.03. The number of halogens is 4. The number of carbonyl (C=O) groups excluding carboxylic acids is 1. The topological polar surface area (TPSA) is 55.1 Å². The van der Waals surface area contributed by atoms with Crippen molar-refractivity contribution >= 4 is 56.9 Å². The summed E-state index contributed by atoms with van der Waals surface area (Å²) in [7, 11) is 0. The highest BCUT2D eigenvalue weighted by atomic mass is 127. The van der Waals surface area contributed by atoms with E-state index in [4.69, 9.17) is 16.0 Å². The van der Waals surface area contributed by atoms with Crippen LogP contribution in [0.1, 0.15) is 10.4 Å². The molecule has 0 aliphatic heterocycles. The van der Waals surface area contributed by atoms with E-state index in [1.807, 2.05) is 12.1 Å². The van der Waals surface area contributed by atoms with Crippen molar-refractivity contribution in [3.63, 3.8) is 0 Å². The molecule has 4 nitrogen and oxygen atoms in total. The number of anilines is 1. The SMILES string of the molecule is O=C(Nc1ccc2oc(-c3cc(F)c(F)cc3Cl)nc2c1)c1ccc(I)cc1. The molecule has 28 heavy (non-hydrogen) atoms. The highest BCUT2D eigenvalue weighted by Gasteiger charge is 2.16. The lowest BCUT2D eigenvalue weighted by molar-refractivity contribution is 0.102. The summed E-state index contributed by atoms with van der Waals surface area (Å²) in [5, 5.41) is 2.77. The molecule has 0 atom stereocenters. The van der Waals surface area contributed by atoms with Crippen molar-refractivity contribution in [2.75, 3.05) is 5.32 Å². The fourth-order valence-electron chi connectivity index (χ4n) is 2.61. The maximum absolute atomic E-state index is 13.5. The van der Waals surface area contributed by atoms with Crippen LogP contribution in [0.4, 0.5) is 14.5 Å². The molecule has 0 bridgehead atoms. The monoisotopic (exact) mass is 510 g/mol. The van der Waals surface area contributed by atoms with Gasteiger partial charge >= 0.3 is 0 Å². The minimum Gasteiger partial charge on any atom is -0.436 e. The normalized spacial score (nSPS) is 11.0. The molecule has 0 aliphatic rings. The van der Waals surface area contributed by atoms with Gasteiger partial charge in [-0.2, -0.15) is 0 Å². The molecular formula is C20H10ClF2IN2O2. The lowest BCUT2D eigenvalue weighted by Gasteiger charge is -2.05. The van der Waals surface area contributed by atoms with Gasteiger partial charge in [-0.3, -0.25) is 4.79 Å². The summed E-state index contributed by atoms with van der Waals surface area (Å²) in [5.41, 5.74) is 2.04. The van der Waals surface area contributed by atoms with Crippen molar-refractivity contribution in [1.29, 1.82) is 0 Å². The first kappa shape index (κ1) is 18.8. The summed E-state index contributed by atoms with van der Waals surface area (Å²) >= 11 is 8.14. The Morgan fingerprint density at radius 2 is 1.75 bits per heavy atom. The Labute approximate surface area is 176 Å². The van der Waals surface area contributed by atoms with Crippen molar-refractivity contribution in [3.05, 3.63) is 80.4 Å². The predicted molar refractivity (Wildman–Crippen MR) is 111 cm³/mol. The van der Waals surface area contributed by atoms with Gasteiger partial charge in [-0.1, -0.05) is 11.6 Å². The quantitative estimate of drug-likeness (QED) is 0.261. The molecular weight excluding hydrogens is 501 g/mol. The third kappa shape index (κ3) is 3.72. The average molecular weight is 511 g/mol. The second kappa shape index (κ2) is 7.48. The number of fused-ring (bicyclic) bond motifs is 1. The number of benzene rings is 3. The van der Waals surface area contributed by atoms with E-state index in [1.165, 1.54) is 0 Å². The number of hydrogen-bond acceptors (Lipinski definition) is 3. The third-order valence-electron chi connectivity index (χ3n) is 3.99. The Morgan fingerprint density at radius 1 is 1.04 bits per heavy atom. The van der Waals surface area contributed by atoms with Crippen LogP contribution in [0.25, 0.3) is 22.6 Å². The fraction of sp³-hybridized carbons (Fsp3) is 0. The molecule has 0 saturated heterocycles. The van der Waals surface area contributed by atoms with E-state index >= 15 is 0 Å². The highest BCUT2D eigenvalue weighted by molar-refractivity contribution is 14.1. The molecule has 0 radical (unpaired) electrons. The molecule has 0 aliphatic carbocycles. The van der Waals surface area contributed by atoms with Crippen LogP contribution < -0.4 is 5.32 Å². The zero-order valence-electron chi connectivity index (χ0n) is 14.0. The molecule has 0 spiro atoms. The Bertz CT molecular complexity index is 1210. The summed E-state index contributed by atoms with van der Waals surface area (Å²) in [5.74, 6) is -2.30. The summed E-state index contributed by atoms with van der Waals surface area (Å²) in [6.45, 7) is 0. The summed E-state index contributed by atoms with van der Waals surface area (Å²) < 4.78 is 33.4. The van der Waals surface area contributed by atoms with Crippen LogP contribution in [0, 0.1) is 15.2 Å². The van der Waals surface area contributed by atoms with Crippen LogP contribution in [-0.4, -0.2) is 10.9 Å². The van der Waals surface area contributed by atoms with Crippen molar-refractivity contribution in [2.24, 2.45) is 0 Å². The fourth-order valence-corrected chi connectivity index (χ4v) is 3.20. The summed E-state index contributed by atoms with van der Waals surface area (Å²) in [6, 6.07) is 13.9. The number of amides is 1. The lowest BCUT2D eigenvalue weighted by Crippen LogP contribution is -2.11. The number of oxazole rings is 1. The van der Waals surface area contributed by atoms with Gasteiger partial charge in [0.05, 0.1) is 10.6 Å². The molecule has 0 fully saturated rings. The first-order valence-corrected chi connectivity index (χ1v) is 9.49. The van der Waals surface area contributed by atoms with E-state index in [2.05, 4.69) is 32.9 Å². The number of nitrogens with zero attached hydrogens (tertiary/aromatic N) is 1. The third-order valence-corrected chi connectivity index (χ3v) is 5.02. The number of nitrogens with one attached hydrogen (secondary N) is 1. The van der Waals surface area contributed by atoms with Gasteiger partial charge < -0.3 is 9.73 Å². The van der Waals surface area contributed by atoms with Gasteiger partial charge in [-0.05, 0) is 77.2 Å². The van der Waals surface area contributed by atoms with Gasteiger partial charge in [0.15, 0.2) is 17.2 Å². The van der Waals surface area contributed by atoms with Crippen LogP contribution in [-0.2, 0) is 0 Å². The average Bonchev–Trinajstić information content (AvgIpc) is 3.08. The molecule has 4 rings (SSSR count). The van der Waals surface area contributed by atoms with Crippen LogP contribution >= 0.6 is 34.2 Å². The lowest BCUT2D eigenvalue weighted by atomic mass is 10.2. The molecule has 1 amide bonds. The largest absolute Gasteiger partial charge is 0.436 e. The first-order chi connectivity index (χ1) is 13.4. The molecule has 8 heteroatoms. The van der Waals surface area contributed by atoms with Crippen LogP contribution in [0.2, 0.25) is 5.02 Å². The molecule has 0 saturated carbocycles. The van der Waals surface area contributed by atoms with E-state index in [0.29, 0.717) is 22.4 Å². The van der Waals surface area contributed by atoms with Gasteiger partial charge in [0, 0.05) is 14.8 Å². The molecule has 1 heterocycles. The number of carbonyl (C=O) groups is 1. The zero-order chi connectivity index (χ0) is 19.8. The van der Waals surface area contributed by atoms with E-state index in [-0.39, 0.29) is 22.4 Å². The van der Waals surface area contributed by atoms with Crippen LogP contribution in [0.15, 0.2) is 59.0 Å². The molecule has 3 aromatic carbocycles. The molecule has 140 valence electrons. The Kier molecular flexibility index (Phi) is 5.03. The maximum Gasteiger partial charge on any atom is 0.255 e.